The number of aryl methyl sites for hydroxylation is 1. The smallest absolute Gasteiger partial charge is 0.222 e. The maximum Gasteiger partial charge on any atom is 0.222 e. The molecule has 20 heavy (non-hydrogen) atoms. The van der Waals surface area contributed by atoms with Gasteiger partial charge in [-0.05, 0) is 29.7 Å². The highest BCUT2D eigenvalue weighted by Crippen LogP contribution is 2.22. The number of nitrogens with zero attached hydrogens (tertiary/aromatic N) is 5. The lowest BCUT2D eigenvalue weighted by atomic mass is 9.94. The van der Waals surface area contributed by atoms with Crippen LogP contribution in [0.25, 0.3) is 0 Å². The fourth-order valence-corrected chi connectivity index (χ4v) is 3.37. The van der Waals surface area contributed by atoms with Crippen LogP contribution >= 0.6 is 11.8 Å². The van der Waals surface area contributed by atoms with Crippen LogP contribution < -0.4 is 0 Å². The van der Waals surface area contributed by atoms with Crippen molar-refractivity contribution in [3.63, 3.8) is 0 Å². The van der Waals surface area contributed by atoms with Crippen LogP contribution in [0.5, 0.6) is 0 Å². The van der Waals surface area contributed by atoms with Gasteiger partial charge in [-0.1, -0.05) is 31.0 Å². The van der Waals surface area contributed by atoms with Crippen LogP contribution in [0.1, 0.15) is 44.9 Å². The summed E-state index contributed by atoms with van der Waals surface area (Å²) in [6.07, 6.45) is 7.66. The lowest BCUT2D eigenvalue weighted by Gasteiger charge is -2.31. The Morgan fingerprint density at radius 1 is 1.40 bits per heavy atom. The Morgan fingerprint density at radius 2 is 2.15 bits per heavy atom. The maximum atomic E-state index is 12.1. The molecule has 1 aliphatic carbocycles. The molecule has 0 spiro atoms. The van der Waals surface area contributed by atoms with E-state index < -0.39 is 0 Å². The van der Waals surface area contributed by atoms with Gasteiger partial charge in [-0.2, -0.15) is 0 Å². The highest BCUT2D eigenvalue weighted by Gasteiger charge is 2.21. The van der Waals surface area contributed by atoms with Gasteiger partial charge in [0, 0.05) is 32.3 Å². The molecule has 1 amide bonds. The van der Waals surface area contributed by atoms with E-state index in [0.717, 1.165) is 17.3 Å². The normalized spacial score (nSPS) is 16.3. The van der Waals surface area contributed by atoms with Crippen molar-refractivity contribution in [2.45, 2.75) is 56.1 Å². The Morgan fingerprint density at radius 3 is 2.80 bits per heavy atom. The van der Waals surface area contributed by atoms with Gasteiger partial charge in [0.1, 0.15) is 0 Å². The fraction of sp³-hybridized carbons (Fsp3) is 0.846. The van der Waals surface area contributed by atoms with Crippen LogP contribution in [-0.4, -0.2) is 49.9 Å². The Hall–Kier alpha value is -1.11. The predicted octanol–water partition coefficient (Wildman–Crippen LogP) is 1.87. The molecular formula is C13H23N5OS. The summed E-state index contributed by atoms with van der Waals surface area (Å²) in [6.45, 7) is 0. The zero-order chi connectivity index (χ0) is 14.4. The van der Waals surface area contributed by atoms with E-state index in [0.29, 0.717) is 12.5 Å². The second kappa shape index (κ2) is 7.61. The van der Waals surface area contributed by atoms with Crippen LogP contribution in [0.4, 0.5) is 0 Å². The highest BCUT2D eigenvalue weighted by atomic mass is 32.2. The van der Waals surface area contributed by atoms with Crippen LogP contribution in [0.2, 0.25) is 0 Å². The highest BCUT2D eigenvalue weighted by molar-refractivity contribution is 7.99. The topological polar surface area (TPSA) is 63.9 Å². The van der Waals surface area contributed by atoms with Gasteiger partial charge in [-0.25, -0.2) is 4.68 Å². The fourth-order valence-electron chi connectivity index (χ4n) is 2.58. The summed E-state index contributed by atoms with van der Waals surface area (Å²) in [6, 6.07) is 0.465. The molecule has 0 atom stereocenters. The zero-order valence-corrected chi connectivity index (χ0v) is 13.1. The molecule has 7 heteroatoms. The second-order valence-corrected chi connectivity index (χ2v) is 6.40. The Kier molecular flexibility index (Phi) is 5.82. The number of carbonyl (C=O) groups is 1. The first-order valence-electron chi connectivity index (χ1n) is 7.29. The van der Waals surface area contributed by atoms with Crippen molar-refractivity contribution in [1.82, 2.24) is 25.1 Å². The molecule has 1 saturated carbocycles. The molecule has 0 bridgehead atoms. The van der Waals surface area contributed by atoms with Gasteiger partial charge in [0.25, 0.3) is 0 Å². The molecule has 0 unspecified atom stereocenters. The van der Waals surface area contributed by atoms with E-state index in [4.69, 9.17) is 0 Å². The molecule has 0 aliphatic heterocycles. The van der Waals surface area contributed by atoms with Crippen LogP contribution in [0.15, 0.2) is 5.16 Å². The first kappa shape index (κ1) is 15.3. The van der Waals surface area contributed by atoms with Crippen molar-refractivity contribution in [1.29, 1.82) is 0 Å². The van der Waals surface area contributed by atoms with Gasteiger partial charge in [0.2, 0.25) is 11.1 Å². The van der Waals surface area contributed by atoms with Crippen molar-refractivity contribution in [3.05, 3.63) is 0 Å². The summed E-state index contributed by atoms with van der Waals surface area (Å²) in [5.74, 6) is 1.15. The molecule has 0 N–H and O–H groups in total. The maximum absolute atomic E-state index is 12.1. The summed E-state index contributed by atoms with van der Waals surface area (Å²) >= 11 is 1.60. The zero-order valence-electron chi connectivity index (χ0n) is 12.3. The van der Waals surface area contributed by atoms with Crippen LogP contribution in [0.3, 0.4) is 0 Å². The van der Waals surface area contributed by atoms with Crippen LogP contribution in [-0.2, 0) is 11.8 Å². The molecule has 1 aliphatic rings. The molecule has 0 radical (unpaired) electrons. The SMILES string of the molecule is CN(C(=O)CCCSc1nnnn1C)C1CCCCC1. The van der Waals surface area contributed by atoms with E-state index in [9.17, 15) is 4.79 Å². The van der Waals surface area contributed by atoms with E-state index in [1.165, 1.54) is 32.1 Å². The predicted molar refractivity (Wildman–Crippen MR) is 78.4 cm³/mol. The van der Waals surface area contributed by atoms with Gasteiger partial charge < -0.3 is 4.90 Å². The number of thioether (sulfide) groups is 1. The average Bonchev–Trinajstić information content (AvgIpc) is 2.89. The largest absolute Gasteiger partial charge is 0.343 e. The molecule has 1 fully saturated rings. The van der Waals surface area contributed by atoms with Crippen molar-refractivity contribution in [2.24, 2.45) is 7.05 Å². The van der Waals surface area contributed by atoms with Gasteiger partial charge in [-0.15, -0.1) is 5.10 Å². The number of tetrazole rings is 1. The summed E-state index contributed by atoms with van der Waals surface area (Å²) < 4.78 is 1.65. The number of hydrogen-bond donors (Lipinski definition) is 0. The summed E-state index contributed by atoms with van der Waals surface area (Å²) in [7, 11) is 3.78. The minimum Gasteiger partial charge on any atom is -0.343 e. The van der Waals surface area contributed by atoms with Gasteiger partial charge in [0.15, 0.2) is 0 Å². The summed E-state index contributed by atoms with van der Waals surface area (Å²) in [4.78, 5) is 14.1. The first-order valence-corrected chi connectivity index (χ1v) is 8.28. The molecule has 6 nitrogen and oxygen atoms in total. The monoisotopic (exact) mass is 297 g/mol. The molecule has 1 aromatic heterocycles. The molecular weight excluding hydrogens is 274 g/mol. The number of carbonyl (C=O) groups excluding carboxylic acids is 1. The van der Waals surface area contributed by atoms with Crippen molar-refractivity contribution in [3.8, 4) is 0 Å². The van der Waals surface area contributed by atoms with Gasteiger partial charge >= 0.3 is 0 Å². The second-order valence-electron chi connectivity index (χ2n) is 5.33. The van der Waals surface area contributed by atoms with Crippen LogP contribution in [0, 0.1) is 0 Å². The van der Waals surface area contributed by atoms with E-state index in [-0.39, 0.29) is 5.91 Å². The molecule has 1 aromatic rings. The Balaban J connectivity index is 1.65. The van der Waals surface area contributed by atoms with E-state index in [2.05, 4.69) is 15.5 Å². The van der Waals surface area contributed by atoms with Crippen molar-refractivity contribution >= 4 is 17.7 Å². The Bertz CT molecular complexity index is 430. The van der Waals surface area contributed by atoms with Crippen molar-refractivity contribution < 1.29 is 4.79 Å². The lowest BCUT2D eigenvalue weighted by Crippen LogP contribution is -2.38. The number of rotatable bonds is 6. The van der Waals surface area contributed by atoms with Crippen molar-refractivity contribution in [2.75, 3.05) is 12.8 Å². The third-order valence-corrected chi connectivity index (χ3v) is 4.96. The Labute approximate surface area is 124 Å². The summed E-state index contributed by atoms with van der Waals surface area (Å²) in [5.41, 5.74) is 0. The quantitative estimate of drug-likeness (QED) is 0.592. The third-order valence-electron chi connectivity index (χ3n) is 3.86. The number of amides is 1. The lowest BCUT2D eigenvalue weighted by molar-refractivity contribution is -0.132. The average molecular weight is 297 g/mol. The van der Waals surface area contributed by atoms with E-state index >= 15 is 0 Å². The number of aromatic nitrogens is 4. The van der Waals surface area contributed by atoms with E-state index in [1.807, 2.05) is 19.0 Å². The van der Waals surface area contributed by atoms with Gasteiger partial charge in [-0.3, -0.25) is 4.79 Å². The summed E-state index contributed by atoms with van der Waals surface area (Å²) in [5, 5.41) is 12.1. The third kappa shape index (κ3) is 4.19. The van der Waals surface area contributed by atoms with E-state index in [1.54, 1.807) is 16.4 Å². The minimum atomic E-state index is 0.272. The molecule has 2 rings (SSSR count). The van der Waals surface area contributed by atoms with Gasteiger partial charge in [0.05, 0.1) is 0 Å². The molecule has 0 saturated heterocycles. The molecule has 0 aromatic carbocycles. The first-order chi connectivity index (χ1) is 9.68. The molecule has 1 heterocycles. The number of hydrogen-bond acceptors (Lipinski definition) is 5. The standard InChI is InChI=1S/C13H23N5OS/c1-17(11-7-4-3-5-8-11)12(19)9-6-10-20-13-14-15-16-18(13)2/h11H,3-10H2,1-2H3. The molecule has 112 valence electrons. The minimum absolute atomic E-state index is 0.272.